The molecule has 1 atom stereocenters. The van der Waals surface area contributed by atoms with Crippen molar-refractivity contribution in [3.8, 4) is 0 Å². The summed E-state index contributed by atoms with van der Waals surface area (Å²) in [6, 6.07) is 0. The number of carbonyl (C=O) groups is 3. The highest BCUT2D eigenvalue weighted by atomic mass is 16.5. The van der Waals surface area contributed by atoms with Gasteiger partial charge < -0.3 is 9.47 Å². The lowest BCUT2D eigenvalue weighted by atomic mass is 9.71. The van der Waals surface area contributed by atoms with E-state index in [9.17, 15) is 14.4 Å². The fourth-order valence-electron chi connectivity index (χ4n) is 4.36. The molecule has 0 heterocycles. The van der Waals surface area contributed by atoms with E-state index in [1.54, 1.807) is 6.92 Å². The Kier molecular flexibility index (Phi) is 9.27. The summed E-state index contributed by atoms with van der Waals surface area (Å²) in [4.78, 5) is 37.1. The van der Waals surface area contributed by atoms with E-state index < -0.39 is 12.1 Å². The van der Waals surface area contributed by atoms with Crippen LogP contribution in [0.5, 0.6) is 0 Å². The molecule has 1 fully saturated rings. The van der Waals surface area contributed by atoms with Crippen molar-refractivity contribution in [1.82, 2.24) is 0 Å². The zero-order valence-electron chi connectivity index (χ0n) is 19.8. The van der Waals surface area contributed by atoms with E-state index in [-0.39, 0.29) is 30.0 Å². The average molecular weight is 431 g/mol. The molecule has 0 aromatic heterocycles. The van der Waals surface area contributed by atoms with Gasteiger partial charge in [-0.2, -0.15) is 0 Å². The Balaban J connectivity index is 1.87. The SMILES string of the molecule is C/C=C(C)/C=C/C1=C(C)C(=O)C(OC(=O)CCC(=O)OCC2CCCCC2)CC1(C)C. The maximum Gasteiger partial charge on any atom is 0.307 e. The van der Waals surface area contributed by atoms with E-state index in [0.29, 0.717) is 24.5 Å². The Morgan fingerprint density at radius 3 is 2.39 bits per heavy atom. The normalized spacial score (nSPS) is 22.7. The first kappa shape index (κ1) is 25.1. The summed E-state index contributed by atoms with van der Waals surface area (Å²) in [7, 11) is 0. The molecule has 2 aliphatic rings. The molecule has 1 unspecified atom stereocenters. The first-order valence-corrected chi connectivity index (χ1v) is 11.6. The van der Waals surface area contributed by atoms with Crippen molar-refractivity contribution in [3.05, 3.63) is 34.9 Å². The largest absolute Gasteiger partial charge is 0.465 e. The Labute approximate surface area is 186 Å². The lowest BCUT2D eigenvalue weighted by Crippen LogP contribution is -2.39. The number of Topliss-reactive ketones (excluding diaryl/α,β-unsaturated/α-hetero) is 1. The van der Waals surface area contributed by atoms with Crippen LogP contribution >= 0.6 is 0 Å². The van der Waals surface area contributed by atoms with Gasteiger partial charge in [0.2, 0.25) is 0 Å². The topological polar surface area (TPSA) is 69.7 Å². The monoisotopic (exact) mass is 430 g/mol. The van der Waals surface area contributed by atoms with Gasteiger partial charge in [-0.3, -0.25) is 14.4 Å². The van der Waals surface area contributed by atoms with Crippen LogP contribution in [0.2, 0.25) is 0 Å². The van der Waals surface area contributed by atoms with Gasteiger partial charge in [0.25, 0.3) is 0 Å². The number of rotatable bonds is 8. The maximum atomic E-state index is 12.8. The van der Waals surface area contributed by atoms with Crippen LogP contribution in [0.1, 0.15) is 86.0 Å². The van der Waals surface area contributed by atoms with E-state index in [0.717, 1.165) is 24.0 Å². The highest BCUT2D eigenvalue weighted by Crippen LogP contribution is 2.40. The Morgan fingerprint density at radius 2 is 1.74 bits per heavy atom. The van der Waals surface area contributed by atoms with Gasteiger partial charge in [-0.25, -0.2) is 0 Å². The molecule has 172 valence electrons. The van der Waals surface area contributed by atoms with Crippen LogP contribution in [-0.4, -0.2) is 30.4 Å². The fraction of sp³-hybridized carbons (Fsp3) is 0.654. The molecule has 5 nitrogen and oxygen atoms in total. The van der Waals surface area contributed by atoms with Gasteiger partial charge in [0.05, 0.1) is 19.4 Å². The van der Waals surface area contributed by atoms with Crippen LogP contribution < -0.4 is 0 Å². The number of carbonyl (C=O) groups excluding carboxylic acids is 3. The number of hydrogen-bond donors (Lipinski definition) is 0. The zero-order chi connectivity index (χ0) is 23.0. The minimum absolute atomic E-state index is 0.0126. The molecule has 2 aliphatic carbocycles. The summed E-state index contributed by atoms with van der Waals surface area (Å²) in [5.41, 5.74) is 2.41. The van der Waals surface area contributed by atoms with Crippen molar-refractivity contribution < 1.29 is 23.9 Å². The minimum atomic E-state index is -0.805. The number of hydrogen-bond acceptors (Lipinski definition) is 5. The molecule has 0 bridgehead atoms. The molecular formula is C26H38O5. The molecule has 31 heavy (non-hydrogen) atoms. The van der Waals surface area contributed by atoms with Crippen molar-refractivity contribution in [1.29, 1.82) is 0 Å². The summed E-state index contributed by atoms with van der Waals surface area (Å²) >= 11 is 0. The highest BCUT2D eigenvalue weighted by molar-refractivity contribution is 6.01. The third-order valence-corrected chi connectivity index (χ3v) is 6.47. The van der Waals surface area contributed by atoms with Crippen molar-refractivity contribution in [2.45, 2.75) is 92.1 Å². The number of ketones is 1. The third kappa shape index (κ3) is 7.48. The molecule has 5 heteroatoms. The number of ether oxygens (including phenoxy) is 2. The fourth-order valence-corrected chi connectivity index (χ4v) is 4.36. The summed E-state index contributed by atoms with van der Waals surface area (Å²) in [6.07, 6.45) is 11.4. The molecule has 0 saturated heterocycles. The van der Waals surface area contributed by atoms with Crippen LogP contribution in [0.15, 0.2) is 34.9 Å². The van der Waals surface area contributed by atoms with Crippen molar-refractivity contribution >= 4 is 17.7 Å². The van der Waals surface area contributed by atoms with Gasteiger partial charge >= 0.3 is 11.9 Å². The second-order valence-electron chi connectivity index (χ2n) is 9.52. The van der Waals surface area contributed by atoms with Gasteiger partial charge in [0.1, 0.15) is 0 Å². The van der Waals surface area contributed by atoms with Crippen molar-refractivity contribution in [2.75, 3.05) is 6.61 Å². The molecule has 0 aromatic carbocycles. The van der Waals surface area contributed by atoms with Crippen LogP contribution in [0, 0.1) is 11.3 Å². The molecule has 0 radical (unpaired) electrons. The van der Waals surface area contributed by atoms with Crippen molar-refractivity contribution in [3.63, 3.8) is 0 Å². The third-order valence-electron chi connectivity index (χ3n) is 6.47. The van der Waals surface area contributed by atoms with Crippen LogP contribution in [0.3, 0.4) is 0 Å². The molecule has 0 N–H and O–H groups in total. The molecule has 0 amide bonds. The Hall–Kier alpha value is -2.17. The van der Waals surface area contributed by atoms with E-state index in [1.165, 1.54) is 19.3 Å². The van der Waals surface area contributed by atoms with E-state index in [1.807, 2.05) is 32.1 Å². The predicted octanol–water partition coefficient (Wildman–Crippen LogP) is 5.64. The molecule has 0 spiro atoms. The molecule has 0 aromatic rings. The van der Waals surface area contributed by atoms with Crippen molar-refractivity contribution in [2.24, 2.45) is 11.3 Å². The van der Waals surface area contributed by atoms with Crippen LogP contribution in [0.25, 0.3) is 0 Å². The van der Waals surface area contributed by atoms with E-state index >= 15 is 0 Å². The molecule has 0 aliphatic heterocycles. The lowest BCUT2D eigenvalue weighted by Gasteiger charge is -2.36. The molecule has 1 saturated carbocycles. The van der Waals surface area contributed by atoms with E-state index in [2.05, 4.69) is 13.8 Å². The van der Waals surface area contributed by atoms with Crippen LogP contribution in [-0.2, 0) is 23.9 Å². The second-order valence-corrected chi connectivity index (χ2v) is 9.52. The summed E-state index contributed by atoms with van der Waals surface area (Å²) in [5, 5.41) is 0. The first-order chi connectivity index (χ1) is 14.6. The second kappa shape index (κ2) is 11.4. The highest BCUT2D eigenvalue weighted by Gasteiger charge is 2.39. The number of allylic oxidation sites excluding steroid dienone is 5. The smallest absolute Gasteiger partial charge is 0.307 e. The number of esters is 2. The average Bonchev–Trinajstić information content (AvgIpc) is 2.74. The Bertz CT molecular complexity index is 763. The maximum absolute atomic E-state index is 12.8. The Morgan fingerprint density at radius 1 is 1.10 bits per heavy atom. The molecule has 2 rings (SSSR count). The minimum Gasteiger partial charge on any atom is -0.465 e. The predicted molar refractivity (Wildman–Crippen MR) is 121 cm³/mol. The quantitative estimate of drug-likeness (QED) is 0.368. The van der Waals surface area contributed by atoms with E-state index in [4.69, 9.17) is 9.47 Å². The lowest BCUT2D eigenvalue weighted by molar-refractivity contribution is -0.158. The van der Waals surface area contributed by atoms with Gasteiger partial charge in [-0.15, -0.1) is 0 Å². The van der Waals surface area contributed by atoms with Gasteiger partial charge in [-0.1, -0.05) is 56.9 Å². The summed E-state index contributed by atoms with van der Waals surface area (Å²) in [6.45, 7) is 10.3. The van der Waals surface area contributed by atoms with Gasteiger partial charge in [0, 0.05) is 6.42 Å². The van der Waals surface area contributed by atoms with Crippen LogP contribution in [0.4, 0.5) is 0 Å². The summed E-state index contributed by atoms with van der Waals surface area (Å²) in [5.74, 6) is -0.618. The van der Waals surface area contributed by atoms with Gasteiger partial charge in [-0.05, 0) is 56.1 Å². The zero-order valence-corrected chi connectivity index (χ0v) is 19.8. The standard InChI is InChI=1S/C26H38O5/c1-6-18(2)12-13-21-19(3)25(29)22(16-26(21,4)5)31-24(28)15-14-23(27)30-17-20-10-8-7-9-11-20/h6,12-13,20,22H,7-11,14-17H2,1-5H3/b13-12+,18-6+. The molecular weight excluding hydrogens is 392 g/mol. The first-order valence-electron chi connectivity index (χ1n) is 11.6. The summed E-state index contributed by atoms with van der Waals surface area (Å²) < 4.78 is 10.8. The van der Waals surface area contributed by atoms with Gasteiger partial charge in [0.15, 0.2) is 11.9 Å².